The minimum atomic E-state index is -4.16. The molecule has 0 unspecified atom stereocenters. The van der Waals surface area contributed by atoms with Gasteiger partial charge in [0.05, 0.1) is 13.0 Å². The first-order valence-electron chi connectivity index (χ1n) is 4.91. The third-order valence-corrected chi connectivity index (χ3v) is 5.44. The molecule has 0 saturated carbocycles. The Morgan fingerprint density at radius 1 is 1.31 bits per heavy atom. The summed E-state index contributed by atoms with van der Waals surface area (Å²) in [7, 11) is -6.03. The molecule has 0 amide bonds. The van der Waals surface area contributed by atoms with Crippen molar-refractivity contribution in [2.45, 2.75) is 24.5 Å². The molecule has 1 aromatic rings. The number of hydrogen-bond acceptors (Lipinski definition) is 2. The zero-order valence-electron chi connectivity index (χ0n) is 9.69. The zero-order chi connectivity index (χ0) is 12.6. The van der Waals surface area contributed by atoms with Crippen LogP contribution in [-0.4, -0.2) is 21.0 Å². The molecule has 16 heavy (non-hydrogen) atoms. The molecule has 0 aliphatic rings. The van der Waals surface area contributed by atoms with E-state index in [0.717, 1.165) is 10.8 Å². The van der Waals surface area contributed by atoms with E-state index in [2.05, 4.69) is 6.58 Å². The van der Waals surface area contributed by atoms with Crippen molar-refractivity contribution < 1.29 is 13.0 Å². The first kappa shape index (κ1) is 13.2. The molecule has 1 rings (SSSR count). The van der Waals surface area contributed by atoms with Crippen LogP contribution in [0.3, 0.4) is 0 Å². The Balaban J connectivity index is 3.71. The lowest BCUT2D eigenvalue weighted by atomic mass is 10.2. The third-order valence-electron chi connectivity index (χ3n) is 2.31. The Bertz CT molecular complexity index is 513. The fourth-order valence-electron chi connectivity index (χ4n) is 1.74. The summed E-state index contributed by atoms with van der Waals surface area (Å²) in [6.45, 7) is 9.77. The smallest absolute Gasteiger partial charge is 0.282 e. The Morgan fingerprint density at radius 2 is 1.88 bits per heavy atom. The fourth-order valence-corrected chi connectivity index (χ4v) is 5.54. The van der Waals surface area contributed by atoms with Gasteiger partial charge in [-0.3, -0.25) is 4.55 Å². The highest BCUT2D eigenvalue weighted by Gasteiger charge is 2.27. The van der Waals surface area contributed by atoms with E-state index in [9.17, 15) is 13.0 Å². The average molecular weight is 256 g/mol. The summed E-state index contributed by atoms with van der Waals surface area (Å²) in [5, 5.41) is 0.729. The standard InChI is InChI=1S/C11H16O3SSi/c1-5-9-7-6-8-10(15(12,13)14)11(9)16(2,3)4/h5-8H,1H2,2-4H3,(H,12,13,14). The Kier molecular flexibility index (Phi) is 3.42. The van der Waals surface area contributed by atoms with Crippen LogP contribution in [0.25, 0.3) is 6.08 Å². The quantitative estimate of drug-likeness (QED) is 0.666. The second-order valence-electron chi connectivity index (χ2n) is 4.65. The highest BCUT2D eigenvalue weighted by atomic mass is 32.2. The van der Waals surface area contributed by atoms with Crippen molar-refractivity contribution in [3.63, 3.8) is 0 Å². The van der Waals surface area contributed by atoms with E-state index in [1.807, 2.05) is 25.7 Å². The van der Waals surface area contributed by atoms with Crippen molar-refractivity contribution in [2.75, 3.05) is 0 Å². The maximum atomic E-state index is 11.3. The predicted octanol–water partition coefficient (Wildman–Crippen LogP) is 2.12. The molecule has 0 bridgehead atoms. The van der Waals surface area contributed by atoms with Crippen LogP contribution in [-0.2, 0) is 10.1 Å². The van der Waals surface area contributed by atoms with E-state index in [1.165, 1.54) is 6.07 Å². The number of hydrogen-bond donors (Lipinski definition) is 1. The highest BCUT2D eigenvalue weighted by Crippen LogP contribution is 2.16. The maximum Gasteiger partial charge on any atom is 0.294 e. The molecule has 3 nitrogen and oxygen atoms in total. The van der Waals surface area contributed by atoms with Gasteiger partial charge in [-0.15, -0.1) is 0 Å². The van der Waals surface area contributed by atoms with Gasteiger partial charge in [0.25, 0.3) is 10.1 Å². The SMILES string of the molecule is C=Cc1cccc(S(=O)(=O)O)c1[Si](C)(C)C. The highest BCUT2D eigenvalue weighted by molar-refractivity contribution is 7.86. The van der Waals surface area contributed by atoms with E-state index in [4.69, 9.17) is 0 Å². The summed E-state index contributed by atoms with van der Waals surface area (Å²) in [5.41, 5.74) is 0.786. The Morgan fingerprint density at radius 3 is 2.25 bits per heavy atom. The minimum Gasteiger partial charge on any atom is -0.282 e. The summed E-state index contributed by atoms with van der Waals surface area (Å²) in [4.78, 5) is 0.0177. The van der Waals surface area contributed by atoms with Crippen LogP contribution in [0.5, 0.6) is 0 Å². The van der Waals surface area contributed by atoms with Gasteiger partial charge in [0.1, 0.15) is 0 Å². The predicted molar refractivity (Wildman–Crippen MR) is 69.3 cm³/mol. The second-order valence-corrected chi connectivity index (χ2v) is 11.0. The molecular formula is C11H16O3SSi. The van der Waals surface area contributed by atoms with Gasteiger partial charge in [-0.25, -0.2) is 0 Å². The van der Waals surface area contributed by atoms with Crippen molar-refractivity contribution in [1.82, 2.24) is 0 Å². The van der Waals surface area contributed by atoms with E-state index in [0.29, 0.717) is 0 Å². The topological polar surface area (TPSA) is 54.4 Å². The summed E-state index contributed by atoms with van der Waals surface area (Å²) in [6.07, 6.45) is 1.63. The van der Waals surface area contributed by atoms with E-state index in [-0.39, 0.29) is 4.90 Å². The van der Waals surface area contributed by atoms with Crippen LogP contribution in [0.1, 0.15) is 5.56 Å². The van der Waals surface area contributed by atoms with Gasteiger partial charge in [-0.2, -0.15) is 8.42 Å². The molecule has 1 aromatic carbocycles. The van der Waals surface area contributed by atoms with Crippen molar-refractivity contribution in [2.24, 2.45) is 0 Å². The van der Waals surface area contributed by atoms with E-state index >= 15 is 0 Å². The molecule has 0 saturated heterocycles. The van der Waals surface area contributed by atoms with Crippen LogP contribution in [0.4, 0.5) is 0 Å². The molecule has 5 heteroatoms. The molecule has 0 radical (unpaired) electrons. The van der Waals surface area contributed by atoms with Crippen LogP contribution in [0.15, 0.2) is 29.7 Å². The van der Waals surface area contributed by atoms with Gasteiger partial charge in [-0.05, 0) is 16.8 Å². The molecule has 0 aromatic heterocycles. The first-order chi connectivity index (χ1) is 7.18. The fraction of sp³-hybridized carbons (Fsp3) is 0.273. The first-order valence-corrected chi connectivity index (χ1v) is 9.85. The zero-order valence-corrected chi connectivity index (χ0v) is 11.5. The number of benzene rings is 1. The van der Waals surface area contributed by atoms with Gasteiger partial charge in [0.2, 0.25) is 0 Å². The third kappa shape index (κ3) is 2.61. The molecule has 0 aliphatic carbocycles. The van der Waals surface area contributed by atoms with Gasteiger partial charge >= 0.3 is 0 Å². The van der Waals surface area contributed by atoms with E-state index < -0.39 is 18.2 Å². The summed E-state index contributed by atoms with van der Waals surface area (Å²) >= 11 is 0. The van der Waals surface area contributed by atoms with Crippen LogP contribution in [0, 0.1) is 0 Å². The molecule has 0 spiro atoms. The lowest BCUT2D eigenvalue weighted by Gasteiger charge is -2.22. The molecular weight excluding hydrogens is 240 g/mol. The van der Waals surface area contributed by atoms with Crippen LogP contribution >= 0.6 is 0 Å². The molecule has 1 N–H and O–H groups in total. The van der Waals surface area contributed by atoms with Crippen molar-refractivity contribution in [1.29, 1.82) is 0 Å². The Hall–Kier alpha value is -0.913. The number of rotatable bonds is 3. The normalized spacial score (nSPS) is 12.5. The van der Waals surface area contributed by atoms with Gasteiger partial charge in [0.15, 0.2) is 0 Å². The lowest BCUT2D eigenvalue weighted by Crippen LogP contribution is -2.42. The van der Waals surface area contributed by atoms with E-state index in [1.54, 1.807) is 12.1 Å². The summed E-state index contributed by atoms with van der Waals surface area (Å²) in [6, 6.07) is 4.87. The molecule has 0 atom stereocenters. The van der Waals surface area contributed by atoms with Gasteiger partial charge < -0.3 is 0 Å². The van der Waals surface area contributed by atoms with Gasteiger partial charge in [0, 0.05) is 0 Å². The van der Waals surface area contributed by atoms with Crippen LogP contribution < -0.4 is 5.19 Å². The molecule has 0 heterocycles. The molecule has 0 fully saturated rings. The summed E-state index contributed by atoms with van der Waals surface area (Å²) in [5.74, 6) is 0. The Labute approximate surface area is 97.6 Å². The molecule has 0 aliphatic heterocycles. The van der Waals surface area contributed by atoms with Crippen molar-refractivity contribution >= 4 is 29.5 Å². The molecule has 88 valence electrons. The minimum absolute atomic E-state index is 0.0177. The van der Waals surface area contributed by atoms with Crippen LogP contribution in [0.2, 0.25) is 19.6 Å². The monoisotopic (exact) mass is 256 g/mol. The summed E-state index contributed by atoms with van der Waals surface area (Å²) < 4.78 is 31.8. The van der Waals surface area contributed by atoms with Crippen molar-refractivity contribution in [3.8, 4) is 0 Å². The lowest BCUT2D eigenvalue weighted by molar-refractivity contribution is 0.484. The average Bonchev–Trinajstić information content (AvgIpc) is 2.13. The second kappa shape index (κ2) is 4.16. The van der Waals surface area contributed by atoms with Gasteiger partial charge in [-0.1, -0.05) is 44.4 Å². The van der Waals surface area contributed by atoms with Crippen molar-refractivity contribution in [3.05, 3.63) is 30.3 Å². The largest absolute Gasteiger partial charge is 0.294 e. The maximum absolute atomic E-state index is 11.3.